The quantitative estimate of drug-likeness (QED) is 0.773. The van der Waals surface area contributed by atoms with Gasteiger partial charge in [0.05, 0.1) is 22.9 Å². The summed E-state index contributed by atoms with van der Waals surface area (Å²) >= 11 is 0. The summed E-state index contributed by atoms with van der Waals surface area (Å²) in [5.74, 6) is 1.27. The molecule has 1 aliphatic rings. The second kappa shape index (κ2) is 6.53. The molecule has 5 nitrogen and oxygen atoms in total. The van der Waals surface area contributed by atoms with Gasteiger partial charge in [-0.05, 0) is 38.1 Å². The Hall–Kier alpha value is -2.73. The number of benzene rings is 2. The molecular formula is C20H19N3O2S. The highest BCUT2D eigenvalue weighted by atomic mass is 32.2. The average Bonchev–Trinajstić information content (AvgIpc) is 3.13. The zero-order valence-electron chi connectivity index (χ0n) is 14.7. The first-order valence-electron chi connectivity index (χ1n) is 8.42. The molecule has 3 aromatic rings. The number of carbonyl (C=O) groups excluding carboxylic acids is 1. The molecule has 1 N–H and O–H groups in total. The van der Waals surface area contributed by atoms with Crippen LogP contribution in [0.25, 0.3) is 5.69 Å². The minimum absolute atomic E-state index is 0.196. The van der Waals surface area contributed by atoms with Crippen LogP contribution >= 0.6 is 0 Å². The first-order chi connectivity index (χ1) is 12.5. The molecule has 1 aliphatic heterocycles. The number of hydrogen-bond donors (Lipinski definition) is 1. The average molecular weight is 365 g/mol. The summed E-state index contributed by atoms with van der Waals surface area (Å²) in [5.41, 5.74) is 5.37. The zero-order valence-corrected chi connectivity index (χ0v) is 15.5. The summed E-state index contributed by atoms with van der Waals surface area (Å²) in [6.45, 7) is 4.01. The highest BCUT2D eigenvalue weighted by molar-refractivity contribution is 7.83. The summed E-state index contributed by atoms with van der Waals surface area (Å²) in [6, 6.07) is 15.4. The van der Waals surface area contributed by atoms with Gasteiger partial charge in [-0.15, -0.1) is 0 Å². The predicted octanol–water partition coefficient (Wildman–Crippen LogP) is 3.50. The molecule has 0 saturated heterocycles. The fourth-order valence-corrected chi connectivity index (χ4v) is 4.28. The molecule has 0 radical (unpaired) electrons. The van der Waals surface area contributed by atoms with Crippen molar-refractivity contribution in [3.05, 3.63) is 76.5 Å². The van der Waals surface area contributed by atoms with Gasteiger partial charge in [-0.3, -0.25) is 9.00 Å². The van der Waals surface area contributed by atoms with E-state index < -0.39 is 10.8 Å². The molecule has 0 unspecified atom stereocenters. The normalized spacial score (nSPS) is 15.7. The van der Waals surface area contributed by atoms with E-state index in [0.717, 1.165) is 28.1 Å². The van der Waals surface area contributed by atoms with Crippen molar-refractivity contribution in [3.63, 3.8) is 0 Å². The van der Waals surface area contributed by atoms with Gasteiger partial charge in [0.1, 0.15) is 5.82 Å². The van der Waals surface area contributed by atoms with Gasteiger partial charge in [0, 0.05) is 21.9 Å². The van der Waals surface area contributed by atoms with E-state index in [1.54, 1.807) is 16.8 Å². The Morgan fingerprint density at radius 1 is 1.00 bits per heavy atom. The van der Waals surface area contributed by atoms with Gasteiger partial charge in [0.2, 0.25) is 0 Å². The number of anilines is 1. The molecule has 2 aromatic carbocycles. The number of hydrogen-bond acceptors (Lipinski definition) is 3. The Morgan fingerprint density at radius 3 is 2.27 bits per heavy atom. The Bertz CT molecular complexity index is 1000. The second-order valence-electron chi connectivity index (χ2n) is 6.57. The largest absolute Gasteiger partial charge is 0.306 e. The molecule has 0 aliphatic carbocycles. The maximum Gasteiger partial charge on any atom is 0.256 e. The maximum atomic E-state index is 12.7. The van der Waals surface area contributed by atoms with E-state index >= 15 is 0 Å². The smallest absolute Gasteiger partial charge is 0.256 e. The van der Waals surface area contributed by atoms with Crippen LogP contribution in [-0.4, -0.2) is 19.9 Å². The third-order valence-corrected chi connectivity index (χ3v) is 5.70. The number of aromatic nitrogens is 2. The monoisotopic (exact) mass is 365 g/mol. The lowest BCUT2D eigenvalue weighted by Crippen LogP contribution is -2.16. The minimum atomic E-state index is -0.956. The molecule has 2 heterocycles. The lowest BCUT2D eigenvalue weighted by atomic mass is 10.1. The minimum Gasteiger partial charge on any atom is -0.306 e. The fourth-order valence-electron chi connectivity index (χ4n) is 3.01. The van der Waals surface area contributed by atoms with Gasteiger partial charge in [-0.1, -0.05) is 35.4 Å². The number of carbonyl (C=O) groups is 1. The van der Waals surface area contributed by atoms with Crippen molar-refractivity contribution in [3.8, 4) is 5.69 Å². The van der Waals surface area contributed by atoms with Crippen molar-refractivity contribution in [1.29, 1.82) is 0 Å². The van der Waals surface area contributed by atoms with Crippen LogP contribution in [0.5, 0.6) is 0 Å². The van der Waals surface area contributed by atoms with E-state index in [1.807, 2.05) is 50.2 Å². The lowest BCUT2D eigenvalue weighted by molar-refractivity contribution is 0.102. The highest BCUT2D eigenvalue weighted by Crippen LogP contribution is 2.31. The summed E-state index contributed by atoms with van der Waals surface area (Å²) in [7, 11) is -0.956. The number of nitrogens with zero attached hydrogens (tertiary/aromatic N) is 2. The van der Waals surface area contributed by atoms with Crippen LogP contribution in [0.2, 0.25) is 0 Å². The highest BCUT2D eigenvalue weighted by Gasteiger charge is 2.28. The van der Waals surface area contributed by atoms with Gasteiger partial charge >= 0.3 is 0 Å². The van der Waals surface area contributed by atoms with E-state index in [2.05, 4.69) is 10.4 Å². The molecule has 0 fully saturated rings. The zero-order chi connectivity index (χ0) is 18.3. The molecule has 26 heavy (non-hydrogen) atoms. The topological polar surface area (TPSA) is 64.0 Å². The van der Waals surface area contributed by atoms with Crippen LogP contribution in [0.15, 0.2) is 48.5 Å². The van der Waals surface area contributed by atoms with Crippen LogP contribution in [0.1, 0.15) is 32.7 Å². The van der Waals surface area contributed by atoms with Crippen molar-refractivity contribution in [2.24, 2.45) is 0 Å². The van der Waals surface area contributed by atoms with Gasteiger partial charge in [-0.2, -0.15) is 5.10 Å². The number of fused-ring (bicyclic) bond motifs is 1. The molecule has 132 valence electrons. The van der Waals surface area contributed by atoms with Crippen LogP contribution in [0, 0.1) is 13.8 Å². The Kier molecular flexibility index (Phi) is 4.20. The maximum absolute atomic E-state index is 12.7. The van der Waals surface area contributed by atoms with Crippen molar-refractivity contribution in [2.45, 2.75) is 25.4 Å². The molecule has 0 bridgehead atoms. The van der Waals surface area contributed by atoms with Crippen LogP contribution in [0.4, 0.5) is 5.82 Å². The number of amides is 1. The molecule has 6 heteroatoms. The van der Waals surface area contributed by atoms with E-state index in [-0.39, 0.29) is 5.91 Å². The first-order valence-corrected chi connectivity index (χ1v) is 9.91. The Morgan fingerprint density at radius 2 is 1.62 bits per heavy atom. The number of nitrogens with one attached hydrogen (secondary N) is 1. The van der Waals surface area contributed by atoms with Crippen molar-refractivity contribution >= 4 is 22.5 Å². The fraction of sp³-hybridized carbons (Fsp3) is 0.200. The van der Waals surface area contributed by atoms with Crippen LogP contribution < -0.4 is 5.32 Å². The third kappa shape index (κ3) is 3.08. The number of aryl methyl sites for hydroxylation is 2. The SMILES string of the molecule is Cc1ccc(C(=O)Nc2c3c(nn2-c2ccc(C)cc2)C[S@@](=O)C3)cc1. The van der Waals surface area contributed by atoms with Crippen LogP contribution in [-0.2, 0) is 22.3 Å². The predicted molar refractivity (Wildman–Crippen MR) is 103 cm³/mol. The second-order valence-corrected chi connectivity index (χ2v) is 8.03. The molecule has 4 rings (SSSR count). The molecular weight excluding hydrogens is 346 g/mol. The van der Waals surface area contributed by atoms with Gasteiger partial charge in [0.15, 0.2) is 0 Å². The lowest BCUT2D eigenvalue weighted by Gasteiger charge is -2.11. The molecule has 1 aromatic heterocycles. The van der Waals surface area contributed by atoms with Gasteiger partial charge in [0.25, 0.3) is 5.91 Å². The Balaban J connectivity index is 1.74. The van der Waals surface area contributed by atoms with E-state index in [9.17, 15) is 9.00 Å². The summed E-state index contributed by atoms with van der Waals surface area (Å²) in [4.78, 5) is 12.7. The van der Waals surface area contributed by atoms with Crippen molar-refractivity contribution in [2.75, 3.05) is 5.32 Å². The summed E-state index contributed by atoms with van der Waals surface area (Å²) < 4.78 is 13.7. The van der Waals surface area contributed by atoms with Gasteiger partial charge < -0.3 is 5.32 Å². The molecule has 1 atom stereocenters. The standard InChI is InChI=1S/C20H19N3O2S/c1-13-3-7-15(8-4-13)20(24)21-19-17-11-26(25)12-18(17)22-23(19)16-9-5-14(2)6-10-16/h3-10H,11-12H2,1-2H3,(H,21,24)/t26-/m0/s1. The summed E-state index contributed by atoms with van der Waals surface area (Å²) in [6.07, 6.45) is 0. The van der Waals surface area contributed by atoms with E-state index in [4.69, 9.17) is 0 Å². The molecule has 0 spiro atoms. The molecule has 1 amide bonds. The van der Waals surface area contributed by atoms with E-state index in [1.165, 1.54) is 0 Å². The molecule has 0 saturated carbocycles. The van der Waals surface area contributed by atoms with Gasteiger partial charge in [-0.25, -0.2) is 4.68 Å². The Labute approximate surface area is 154 Å². The van der Waals surface area contributed by atoms with Crippen molar-refractivity contribution in [1.82, 2.24) is 9.78 Å². The number of rotatable bonds is 3. The third-order valence-electron chi connectivity index (χ3n) is 4.49. The first kappa shape index (κ1) is 16.7. The summed E-state index contributed by atoms with van der Waals surface area (Å²) in [5, 5.41) is 7.60. The van der Waals surface area contributed by atoms with Crippen molar-refractivity contribution < 1.29 is 9.00 Å². The van der Waals surface area contributed by atoms with E-state index in [0.29, 0.717) is 22.9 Å². The van der Waals surface area contributed by atoms with Crippen LogP contribution in [0.3, 0.4) is 0 Å².